The van der Waals surface area contributed by atoms with Gasteiger partial charge in [-0.1, -0.05) is 0 Å². The Bertz CT molecular complexity index is 303. The van der Waals surface area contributed by atoms with E-state index >= 15 is 0 Å². The largest absolute Gasteiger partial charge is 0.381 e. The highest BCUT2D eigenvalue weighted by molar-refractivity contribution is 5.12. The Labute approximate surface area is 84.1 Å². The van der Waals surface area contributed by atoms with Crippen LogP contribution in [-0.2, 0) is 17.7 Å². The number of aromatic nitrogens is 2. The van der Waals surface area contributed by atoms with E-state index in [4.69, 9.17) is 9.72 Å². The number of aryl methyl sites for hydroxylation is 2. The van der Waals surface area contributed by atoms with Crippen molar-refractivity contribution in [1.29, 1.82) is 0 Å². The number of hydrogen-bond acceptors (Lipinski definition) is 2. The molecule has 1 aromatic rings. The predicted octanol–water partition coefficient (Wildman–Crippen LogP) is 1.72. The van der Waals surface area contributed by atoms with Crippen LogP contribution in [0.5, 0.6) is 0 Å². The highest BCUT2D eigenvalue weighted by Crippen LogP contribution is 2.26. The number of hydrogen-bond donors (Lipinski definition) is 0. The average Bonchev–Trinajstić information content (AvgIpc) is 2.86. The molecule has 0 spiro atoms. The van der Waals surface area contributed by atoms with Crippen molar-refractivity contribution in [2.45, 2.75) is 38.1 Å². The summed E-state index contributed by atoms with van der Waals surface area (Å²) in [6.07, 6.45) is 7.17. The third kappa shape index (κ3) is 1.36. The highest BCUT2D eigenvalue weighted by Gasteiger charge is 2.22. The van der Waals surface area contributed by atoms with E-state index in [1.165, 1.54) is 24.4 Å². The van der Waals surface area contributed by atoms with E-state index in [0.717, 1.165) is 32.6 Å². The van der Waals surface area contributed by atoms with Crippen molar-refractivity contribution in [3.05, 3.63) is 17.7 Å². The first-order valence-electron chi connectivity index (χ1n) is 5.57. The van der Waals surface area contributed by atoms with Gasteiger partial charge in [-0.15, -0.1) is 0 Å². The van der Waals surface area contributed by atoms with E-state index in [1.54, 1.807) is 0 Å². The minimum absolute atomic E-state index is 0.563. The molecule has 76 valence electrons. The summed E-state index contributed by atoms with van der Waals surface area (Å²) < 4.78 is 7.72. The van der Waals surface area contributed by atoms with Crippen LogP contribution in [0.15, 0.2) is 6.20 Å². The minimum atomic E-state index is 0.563. The summed E-state index contributed by atoms with van der Waals surface area (Å²) in [6.45, 7) is 2.94. The molecule has 1 unspecified atom stereocenters. The van der Waals surface area contributed by atoms with E-state index in [1.807, 2.05) is 0 Å². The topological polar surface area (TPSA) is 27.1 Å². The van der Waals surface area contributed by atoms with Crippen LogP contribution in [0.25, 0.3) is 0 Å². The molecule has 3 heteroatoms. The molecule has 0 aliphatic carbocycles. The zero-order chi connectivity index (χ0) is 9.38. The Balaban J connectivity index is 1.87. The van der Waals surface area contributed by atoms with Gasteiger partial charge in [0.2, 0.25) is 0 Å². The summed E-state index contributed by atoms with van der Waals surface area (Å²) in [4.78, 5) is 4.72. The van der Waals surface area contributed by atoms with E-state index in [0.29, 0.717) is 5.92 Å². The maximum Gasteiger partial charge on any atom is 0.108 e. The van der Waals surface area contributed by atoms with E-state index < -0.39 is 0 Å². The highest BCUT2D eigenvalue weighted by atomic mass is 16.5. The molecule has 1 aromatic heterocycles. The normalized spacial score (nSPS) is 26.4. The van der Waals surface area contributed by atoms with Gasteiger partial charge in [-0.3, -0.25) is 0 Å². The van der Waals surface area contributed by atoms with Gasteiger partial charge in [-0.25, -0.2) is 4.98 Å². The SMILES string of the molecule is c1c(C2CCOC2)nc2n1CCCC2. The Morgan fingerprint density at radius 1 is 1.43 bits per heavy atom. The van der Waals surface area contributed by atoms with Gasteiger partial charge in [-0.2, -0.15) is 0 Å². The van der Waals surface area contributed by atoms with Gasteiger partial charge in [0.1, 0.15) is 5.82 Å². The Morgan fingerprint density at radius 2 is 2.43 bits per heavy atom. The average molecular weight is 192 g/mol. The summed E-state index contributed by atoms with van der Waals surface area (Å²) in [5.74, 6) is 1.85. The van der Waals surface area contributed by atoms with Crippen molar-refractivity contribution < 1.29 is 4.74 Å². The van der Waals surface area contributed by atoms with Gasteiger partial charge in [-0.05, 0) is 19.3 Å². The monoisotopic (exact) mass is 192 g/mol. The van der Waals surface area contributed by atoms with Crippen molar-refractivity contribution in [2.75, 3.05) is 13.2 Å². The second-order valence-electron chi connectivity index (χ2n) is 4.29. The number of nitrogens with zero attached hydrogens (tertiary/aromatic N) is 2. The molecule has 3 nitrogen and oxygen atoms in total. The predicted molar refractivity (Wildman–Crippen MR) is 53.3 cm³/mol. The van der Waals surface area contributed by atoms with Crippen LogP contribution in [-0.4, -0.2) is 22.8 Å². The molecule has 3 rings (SSSR count). The van der Waals surface area contributed by atoms with Crippen LogP contribution < -0.4 is 0 Å². The fraction of sp³-hybridized carbons (Fsp3) is 0.727. The summed E-state index contributed by atoms with van der Waals surface area (Å²) in [7, 11) is 0. The maximum atomic E-state index is 5.39. The lowest BCUT2D eigenvalue weighted by atomic mass is 10.1. The van der Waals surface area contributed by atoms with Gasteiger partial charge < -0.3 is 9.30 Å². The molecule has 2 aliphatic heterocycles. The van der Waals surface area contributed by atoms with Crippen molar-refractivity contribution in [1.82, 2.24) is 9.55 Å². The third-order valence-corrected chi connectivity index (χ3v) is 3.28. The molecule has 14 heavy (non-hydrogen) atoms. The Hall–Kier alpha value is -0.830. The van der Waals surface area contributed by atoms with Crippen LogP contribution in [0.2, 0.25) is 0 Å². The summed E-state index contributed by atoms with van der Waals surface area (Å²) >= 11 is 0. The lowest BCUT2D eigenvalue weighted by molar-refractivity contribution is 0.193. The van der Waals surface area contributed by atoms with Crippen molar-refractivity contribution >= 4 is 0 Å². The Kier molecular flexibility index (Phi) is 2.05. The zero-order valence-electron chi connectivity index (χ0n) is 8.41. The number of rotatable bonds is 1. The first kappa shape index (κ1) is 8.48. The summed E-state index contributed by atoms with van der Waals surface area (Å²) in [6, 6.07) is 0. The van der Waals surface area contributed by atoms with Crippen LogP contribution in [0.1, 0.15) is 36.7 Å². The van der Waals surface area contributed by atoms with Gasteiger partial charge in [0.25, 0.3) is 0 Å². The van der Waals surface area contributed by atoms with Crippen LogP contribution >= 0.6 is 0 Å². The summed E-state index contributed by atoms with van der Waals surface area (Å²) in [5.41, 5.74) is 1.26. The van der Waals surface area contributed by atoms with Crippen LogP contribution in [0.3, 0.4) is 0 Å². The van der Waals surface area contributed by atoms with Crippen molar-refractivity contribution in [3.8, 4) is 0 Å². The maximum absolute atomic E-state index is 5.39. The number of imidazole rings is 1. The van der Waals surface area contributed by atoms with Gasteiger partial charge in [0.15, 0.2) is 0 Å². The molecular formula is C11H16N2O. The molecule has 0 aromatic carbocycles. The first-order chi connectivity index (χ1) is 6.93. The molecule has 0 bridgehead atoms. The molecule has 1 saturated heterocycles. The minimum Gasteiger partial charge on any atom is -0.381 e. The molecule has 1 fully saturated rings. The van der Waals surface area contributed by atoms with Gasteiger partial charge >= 0.3 is 0 Å². The molecular weight excluding hydrogens is 176 g/mol. The lowest BCUT2D eigenvalue weighted by Crippen LogP contribution is -2.08. The molecule has 0 N–H and O–H groups in total. The van der Waals surface area contributed by atoms with E-state index in [2.05, 4.69) is 10.8 Å². The molecule has 0 radical (unpaired) electrons. The molecule has 0 saturated carbocycles. The lowest BCUT2D eigenvalue weighted by Gasteiger charge is -2.11. The van der Waals surface area contributed by atoms with Crippen molar-refractivity contribution in [3.63, 3.8) is 0 Å². The fourth-order valence-corrected chi connectivity index (χ4v) is 2.40. The van der Waals surface area contributed by atoms with E-state index in [-0.39, 0.29) is 0 Å². The first-order valence-corrected chi connectivity index (χ1v) is 5.57. The Morgan fingerprint density at radius 3 is 3.21 bits per heavy atom. The second kappa shape index (κ2) is 3.39. The molecule has 3 heterocycles. The standard InChI is InChI=1S/C11H16N2O/c1-2-5-13-7-10(12-11(13)3-1)9-4-6-14-8-9/h7,9H,1-6,8H2. The smallest absolute Gasteiger partial charge is 0.108 e. The molecule has 0 amide bonds. The van der Waals surface area contributed by atoms with Crippen molar-refractivity contribution in [2.24, 2.45) is 0 Å². The van der Waals surface area contributed by atoms with E-state index in [9.17, 15) is 0 Å². The van der Waals surface area contributed by atoms with Crippen LogP contribution in [0.4, 0.5) is 0 Å². The molecule has 2 aliphatic rings. The third-order valence-electron chi connectivity index (χ3n) is 3.28. The second-order valence-corrected chi connectivity index (χ2v) is 4.29. The zero-order valence-corrected chi connectivity index (χ0v) is 8.41. The molecule has 1 atom stereocenters. The number of ether oxygens (including phenoxy) is 1. The van der Waals surface area contributed by atoms with Gasteiger partial charge in [0.05, 0.1) is 12.3 Å². The summed E-state index contributed by atoms with van der Waals surface area (Å²) in [5, 5.41) is 0. The van der Waals surface area contributed by atoms with Gasteiger partial charge in [0, 0.05) is 31.7 Å². The number of fused-ring (bicyclic) bond motifs is 1. The van der Waals surface area contributed by atoms with Crippen LogP contribution in [0, 0.1) is 0 Å². The fourth-order valence-electron chi connectivity index (χ4n) is 2.40. The quantitative estimate of drug-likeness (QED) is 0.677.